The van der Waals surface area contributed by atoms with Crippen LogP contribution in [0.25, 0.3) is 6.08 Å². The van der Waals surface area contributed by atoms with Crippen molar-refractivity contribution in [2.75, 3.05) is 33.2 Å². The SMILES string of the molecule is C/C(=C\c1cc(F)cc(F)c1)[C@H]1OC(=O)C[C@H](O)CC[C@H](C)[C@@H](OC(=O)N2CCN(C)CC2)C=C[C@@H]1C. The van der Waals surface area contributed by atoms with Crippen molar-refractivity contribution >= 4 is 18.1 Å². The van der Waals surface area contributed by atoms with Crippen molar-refractivity contribution in [3.63, 3.8) is 0 Å². The Morgan fingerprint density at radius 3 is 2.38 bits per heavy atom. The summed E-state index contributed by atoms with van der Waals surface area (Å²) >= 11 is 0. The fourth-order valence-corrected chi connectivity index (χ4v) is 4.63. The molecule has 0 aromatic heterocycles. The van der Waals surface area contributed by atoms with Gasteiger partial charge in [-0.2, -0.15) is 0 Å². The fraction of sp³-hybridized carbons (Fsp3) is 0.571. The summed E-state index contributed by atoms with van der Waals surface area (Å²) < 4.78 is 39.0. The topological polar surface area (TPSA) is 79.3 Å². The molecule has 7 nitrogen and oxygen atoms in total. The number of aliphatic hydroxyl groups excluding tert-OH is 1. The molecule has 2 heterocycles. The van der Waals surface area contributed by atoms with Crippen molar-refractivity contribution in [2.45, 2.75) is 58.3 Å². The average molecular weight is 521 g/mol. The number of carbonyl (C=O) groups is 2. The van der Waals surface area contributed by atoms with E-state index < -0.39 is 35.9 Å². The van der Waals surface area contributed by atoms with Gasteiger partial charge in [0.1, 0.15) is 23.8 Å². The van der Waals surface area contributed by atoms with Gasteiger partial charge in [0, 0.05) is 38.2 Å². The number of esters is 1. The van der Waals surface area contributed by atoms with Crippen LogP contribution in [0.3, 0.4) is 0 Å². The lowest BCUT2D eigenvalue weighted by molar-refractivity contribution is -0.151. The molecule has 9 heteroatoms. The van der Waals surface area contributed by atoms with Crippen molar-refractivity contribution in [1.82, 2.24) is 9.80 Å². The number of amides is 1. The zero-order valence-electron chi connectivity index (χ0n) is 22.0. The molecular formula is C28H38F2N2O5. The molecular weight excluding hydrogens is 482 g/mol. The van der Waals surface area contributed by atoms with Gasteiger partial charge in [-0.15, -0.1) is 0 Å². The Morgan fingerprint density at radius 2 is 1.73 bits per heavy atom. The van der Waals surface area contributed by atoms with Crippen LogP contribution in [-0.2, 0) is 14.3 Å². The molecule has 37 heavy (non-hydrogen) atoms. The predicted octanol–water partition coefficient (Wildman–Crippen LogP) is 4.41. The quantitative estimate of drug-likeness (QED) is 0.470. The molecule has 0 radical (unpaired) electrons. The van der Waals surface area contributed by atoms with Gasteiger partial charge in [0.25, 0.3) is 0 Å². The summed E-state index contributed by atoms with van der Waals surface area (Å²) in [7, 11) is 2.01. The first-order valence-electron chi connectivity index (χ1n) is 12.9. The van der Waals surface area contributed by atoms with E-state index in [1.807, 2.05) is 33.0 Å². The van der Waals surface area contributed by atoms with E-state index in [0.717, 1.165) is 19.2 Å². The lowest BCUT2D eigenvalue weighted by atomic mass is 9.91. The number of rotatable bonds is 3. The second kappa shape index (κ2) is 13.1. The van der Waals surface area contributed by atoms with Crippen LogP contribution in [0.2, 0.25) is 0 Å². The minimum Gasteiger partial charge on any atom is -0.457 e. The number of cyclic esters (lactones) is 1. The van der Waals surface area contributed by atoms with E-state index in [1.165, 1.54) is 12.1 Å². The minimum absolute atomic E-state index is 0.0877. The zero-order chi connectivity index (χ0) is 27.1. The zero-order valence-corrected chi connectivity index (χ0v) is 22.0. The van der Waals surface area contributed by atoms with E-state index in [0.29, 0.717) is 37.1 Å². The lowest BCUT2D eigenvalue weighted by Gasteiger charge is -2.33. The molecule has 2 aliphatic rings. The summed E-state index contributed by atoms with van der Waals surface area (Å²) in [5.41, 5.74) is 0.891. The summed E-state index contributed by atoms with van der Waals surface area (Å²) in [5.74, 6) is -2.39. The molecule has 0 bridgehead atoms. The van der Waals surface area contributed by atoms with Gasteiger partial charge < -0.3 is 24.4 Å². The van der Waals surface area contributed by atoms with Gasteiger partial charge in [0.05, 0.1) is 12.5 Å². The molecule has 1 saturated heterocycles. The summed E-state index contributed by atoms with van der Waals surface area (Å²) in [6.07, 6.45) is 3.42. The Labute approximate surface area is 217 Å². The van der Waals surface area contributed by atoms with Crippen LogP contribution in [-0.4, -0.2) is 78.5 Å². The molecule has 0 unspecified atom stereocenters. The highest BCUT2D eigenvalue weighted by molar-refractivity contribution is 5.71. The van der Waals surface area contributed by atoms with Gasteiger partial charge >= 0.3 is 12.1 Å². The summed E-state index contributed by atoms with van der Waals surface area (Å²) in [6, 6.07) is 3.19. The second-order valence-electron chi connectivity index (χ2n) is 10.3. The molecule has 3 rings (SSSR count). The number of piperazine rings is 1. The maximum Gasteiger partial charge on any atom is 0.410 e. The van der Waals surface area contributed by atoms with Crippen LogP contribution in [0.5, 0.6) is 0 Å². The Morgan fingerprint density at radius 1 is 1.08 bits per heavy atom. The number of benzene rings is 1. The first-order chi connectivity index (χ1) is 17.5. The Hall–Kier alpha value is -2.78. The van der Waals surface area contributed by atoms with Crippen LogP contribution >= 0.6 is 0 Å². The molecule has 0 spiro atoms. The number of hydrogen-bond donors (Lipinski definition) is 1. The highest BCUT2D eigenvalue weighted by atomic mass is 19.1. The van der Waals surface area contributed by atoms with Gasteiger partial charge in [-0.05, 0) is 62.1 Å². The summed E-state index contributed by atoms with van der Waals surface area (Å²) in [5, 5.41) is 10.4. The van der Waals surface area contributed by atoms with E-state index >= 15 is 0 Å². The molecule has 5 atom stereocenters. The number of ether oxygens (including phenoxy) is 2. The standard InChI is InChI=1S/C28H38F2N2O5/c1-18-5-7-24(33)17-26(34)37-27(20(3)13-21-14-22(29)16-23(30)15-21)19(2)6-8-25(18)36-28(35)32-11-9-31(4)10-12-32/h6,8,13-16,18-19,24-25,27,33H,5,7,9-12,17H2,1-4H3/b8-6?,20-13+/t18-,19-,24+,25-,27-/m0/s1. The Kier molecular flexibility index (Phi) is 10.2. The van der Waals surface area contributed by atoms with Crippen LogP contribution in [0.15, 0.2) is 35.9 Å². The third-order valence-electron chi connectivity index (χ3n) is 6.99. The van der Waals surface area contributed by atoms with Crippen molar-refractivity contribution in [3.05, 3.63) is 53.1 Å². The van der Waals surface area contributed by atoms with E-state index in [9.17, 15) is 23.5 Å². The highest BCUT2D eigenvalue weighted by Gasteiger charge is 2.29. The van der Waals surface area contributed by atoms with Crippen LogP contribution in [0.1, 0.15) is 45.6 Å². The molecule has 1 aromatic rings. The van der Waals surface area contributed by atoms with E-state index in [4.69, 9.17) is 9.47 Å². The largest absolute Gasteiger partial charge is 0.457 e. The van der Waals surface area contributed by atoms with Crippen LogP contribution < -0.4 is 0 Å². The van der Waals surface area contributed by atoms with Crippen molar-refractivity contribution < 1.29 is 33.0 Å². The van der Waals surface area contributed by atoms with Crippen LogP contribution in [0, 0.1) is 23.5 Å². The molecule has 1 fully saturated rings. The van der Waals surface area contributed by atoms with E-state index in [1.54, 1.807) is 17.9 Å². The normalized spacial score (nSPS) is 28.7. The monoisotopic (exact) mass is 520 g/mol. The number of carbonyl (C=O) groups excluding carboxylic acids is 2. The van der Waals surface area contributed by atoms with Gasteiger partial charge in [-0.3, -0.25) is 4.79 Å². The molecule has 204 valence electrons. The molecule has 0 aliphatic carbocycles. The van der Waals surface area contributed by atoms with Gasteiger partial charge in [0.2, 0.25) is 0 Å². The second-order valence-corrected chi connectivity index (χ2v) is 10.3. The lowest BCUT2D eigenvalue weighted by Crippen LogP contribution is -2.48. The number of hydrogen-bond acceptors (Lipinski definition) is 6. The van der Waals surface area contributed by atoms with Crippen LogP contribution in [0.4, 0.5) is 13.6 Å². The minimum atomic E-state index is -0.898. The Bertz CT molecular complexity index is 986. The number of aliphatic hydroxyl groups is 1. The molecule has 1 N–H and O–H groups in total. The van der Waals surface area contributed by atoms with Crippen molar-refractivity contribution in [1.29, 1.82) is 0 Å². The third-order valence-corrected chi connectivity index (χ3v) is 6.99. The number of halogens is 2. The maximum atomic E-state index is 13.7. The summed E-state index contributed by atoms with van der Waals surface area (Å²) in [4.78, 5) is 29.3. The van der Waals surface area contributed by atoms with Gasteiger partial charge in [-0.25, -0.2) is 13.6 Å². The molecule has 1 amide bonds. The van der Waals surface area contributed by atoms with E-state index in [2.05, 4.69) is 4.90 Å². The molecule has 2 aliphatic heterocycles. The number of nitrogens with zero attached hydrogens (tertiary/aromatic N) is 2. The first-order valence-corrected chi connectivity index (χ1v) is 12.9. The highest BCUT2D eigenvalue weighted by Crippen LogP contribution is 2.26. The van der Waals surface area contributed by atoms with Crippen molar-refractivity contribution in [2.24, 2.45) is 11.8 Å². The predicted molar refractivity (Wildman–Crippen MR) is 137 cm³/mol. The van der Waals surface area contributed by atoms with Gasteiger partial charge in [0.15, 0.2) is 0 Å². The fourth-order valence-electron chi connectivity index (χ4n) is 4.63. The van der Waals surface area contributed by atoms with Gasteiger partial charge in [-0.1, -0.05) is 26.0 Å². The summed E-state index contributed by atoms with van der Waals surface area (Å²) in [6.45, 7) is 8.28. The average Bonchev–Trinajstić information content (AvgIpc) is 2.82. The smallest absolute Gasteiger partial charge is 0.410 e. The Balaban J connectivity index is 1.84. The van der Waals surface area contributed by atoms with E-state index in [-0.39, 0.29) is 24.3 Å². The van der Waals surface area contributed by atoms with Crippen molar-refractivity contribution in [3.8, 4) is 0 Å². The molecule has 1 aromatic carbocycles. The molecule has 0 saturated carbocycles. The third kappa shape index (κ3) is 8.64. The first kappa shape index (κ1) is 28.8. The number of likely N-dealkylation sites (N-methyl/N-ethyl adjacent to an activating group) is 1. The maximum absolute atomic E-state index is 13.7.